The zero-order valence-electron chi connectivity index (χ0n) is 13.1. The Hall–Kier alpha value is -2.88. The number of fused-ring (bicyclic) bond motifs is 1. The lowest BCUT2D eigenvalue weighted by molar-refractivity contribution is 0.0517. The molecule has 116 valence electrons. The fourth-order valence-corrected chi connectivity index (χ4v) is 2.80. The molecule has 0 atom stereocenters. The number of nitrogens with zero attached hydrogens (tertiary/aromatic N) is 1. The first-order chi connectivity index (χ1) is 11.1. The van der Waals surface area contributed by atoms with Gasteiger partial charge < -0.3 is 9.14 Å². The molecule has 23 heavy (non-hydrogen) atoms. The normalized spacial score (nSPS) is 10.7. The SMILES string of the molecule is CCOC(=O)c1c(C)c(C(=O)c2ccccc2)c2ccccn12. The van der Waals surface area contributed by atoms with Gasteiger partial charge in [0.2, 0.25) is 0 Å². The van der Waals surface area contributed by atoms with Gasteiger partial charge in [-0.15, -0.1) is 0 Å². The highest BCUT2D eigenvalue weighted by molar-refractivity contribution is 6.16. The molecule has 0 bridgehead atoms. The molecule has 2 heterocycles. The van der Waals surface area contributed by atoms with Gasteiger partial charge in [0, 0.05) is 11.8 Å². The van der Waals surface area contributed by atoms with Gasteiger partial charge in [0.1, 0.15) is 5.69 Å². The summed E-state index contributed by atoms with van der Waals surface area (Å²) in [6, 6.07) is 14.6. The highest BCUT2D eigenvalue weighted by Gasteiger charge is 2.25. The van der Waals surface area contributed by atoms with Crippen molar-refractivity contribution in [2.45, 2.75) is 13.8 Å². The molecule has 4 nitrogen and oxygen atoms in total. The van der Waals surface area contributed by atoms with E-state index < -0.39 is 5.97 Å². The maximum absolute atomic E-state index is 12.9. The van der Waals surface area contributed by atoms with Gasteiger partial charge in [-0.3, -0.25) is 4.79 Å². The van der Waals surface area contributed by atoms with Crippen LogP contribution in [0.5, 0.6) is 0 Å². The molecule has 0 N–H and O–H groups in total. The Morgan fingerprint density at radius 2 is 1.74 bits per heavy atom. The minimum Gasteiger partial charge on any atom is -0.461 e. The average Bonchev–Trinajstić information content (AvgIpc) is 2.87. The largest absolute Gasteiger partial charge is 0.461 e. The second kappa shape index (κ2) is 6.08. The molecule has 0 saturated heterocycles. The van der Waals surface area contributed by atoms with E-state index >= 15 is 0 Å². The lowest BCUT2D eigenvalue weighted by Crippen LogP contribution is -2.09. The maximum atomic E-state index is 12.9. The van der Waals surface area contributed by atoms with E-state index in [1.807, 2.05) is 36.4 Å². The predicted octanol–water partition coefficient (Wildman–Crippen LogP) is 3.66. The third-order valence-electron chi connectivity index (χ3n) is 3.82. The molecule has 1 aromatic carbocycles. The minimum atomic E-state index is -0.418. The fraction of sp³-hybridized carbons (Fsp3) is 0.158. The van der Waals surface area contributed by atoms with E-state index in [9.17, 15) is 9.59 Å². The first-order valence-corrected chi connectivity index (χ1v) is 7.51. The van der Waals surface area contributed by atoms with Crippen molar-refractivity contribution in [2.24, 2.45) is 0 Å². The quantitative estimate of drug-likeness (QED) is 0.546. The number of benzene rings is 1. The Balaban J connectivity index is 2.24. The molecule has 0 spiro atoms. The second-order valence-corrected chi connectivity index (χ2v) is 5.22. The third-order valence-corrected chi connectivity index (χ3v) is 3.82. The Kier molecular flexibility index (Phi) is 3.98. The minimum absolute atomic E-state index is 0.0950. The van der Waals surface area contributed by atoms with Crippen LogP contribution in [0.4, 0.5) is 0 Å². The van der Waals surface area contributed by atoms with Crippen molar-refractivity contribution in [1.82, 2.24) is 4.40 Å². The molecule has 3 aromatic rings. The predicted molar refractivity (Wildman–Crippen MR) is 88.0 cm³/mol. The van der Waals surface area contributed by atoms with Crippen molar-refractivity contribution in [3.63, 3.8) is 0 Å². The van der Waals surface area contributed by atoms with Gasteiger partial charge in [0.15, 0.2) is 5.78 Å². The second-order valence-electron chi connectivity index (χ2n) is 5.22. The lowest BCUT2D eigenvalue weighted by Gasteiger charge is -2.03. The highest BCUT2D eigenvalue weighted by atomic mass is 16.5. The molecule has 0 unspecified atom stereocenters. The number of carbonyl (C=O) groups is 2. The third kappa shape index (κ3) is 2.52. The summed E-state index contributed by atoms with van der Waals surface area (Å²) in [4.78, 5) is 25.2. The van der Waals surface area contributed by atoms with E-state index in [0.29, 0.717) is 34.5 Å². The van der Waals surface area contributed by atoms with E-state index in [-0.39, 0.29) is 5.78 Å². The van der Waals surface area contributed by atoms with Gasteiger partial charge in [-0.1, -0.05) is 36.4 Å². The van der Waals surface area contributed by atoms with Crippen molar-refractivity contribution < 1.29 is 14.3 Å². The summed E-state index contributed by atoms with van der Waals surface area (Å²) in [5, 5.41) is 0. The molecule has 0 radical (unpaired) electrons. The van der Waals surface area contributed by atoms with Crippen LogP contribution in [0, 0.1) is 6.92 Å². The highest BCUT2D eigenvalue weighted by Crippen LogP contribution is 2.26. The lowest BCUT2D eigenvalue weighted by atomic mass is 10.0. The summed E-state index contributed by atoms with van der Waals surface area (Å²) < 4.78 is 6.87. The van der Waals surface area contributed by atoms with Gasteiger partial charge in [-0.2, -0.15) is 0 Å². The molecule has 0 saturated carbocycles. The summed E-state index contributed by atoms with van der Waals surface area (Å²) in [7, 11) is 0. The molecule has 0 fully saturated rings. The summed E-state index contributed by atoms with van der Waals surface area (Å²) in [6.45, 7) is 3.84. The molecular formula is C19H17NO3. The molecule has 2 aromatic heterocycles. The van der Waals surface area contributed by atoms with Crippen molar-refractivity contribution in [1.29, 1.82) is 0 Å². The number of hydrogen-bond donors (Lipinski definition) is 0. The van der Waals surface area contributed by atoms with Gasteiger partial charge >= 0.3 is 5.97 Å². The molecule has 3 rings (SSSR count). The van der Waals surface area contributed by atoms with Crippen molar-refractivity contribution in [3.8, 4) is 0 Å². The van der Waals surface area contributed by atoms with Gasteiger partial charge in [0.25, 0.3) is 0 Å². The van der Waals surface area contributed by atoms with Gasteiger partial charge in [-0.05, 0) is 31.5 Å². The number of aromatic nitrogens is 1. The van der Waals surface area contributed by atoms with Crippen LogP contribution in [0.15, 0.2) is 54.7 Å². The summed E-state index contributed by atoms with van der Waals surface area (Å²) in [5.41, 5.74) is 2.90. The van der Waals surface area contributed by atoms with Gasteiger partial charge in [-0.25, -0.2) is 4.79 Å². The van der Waals surface area contributed by atoms with Gasteiger partial charge in [0.05, 0.1) is 17.7 Å². The smallest absolute Gasteiger partial charge is 0.355 e. The number of hydrogen-bond acceptors (Lipinski definition) is 3. The standard InChI is InChI=1S/C19H17NO3/c1-3-23-19(22)17-13(2)16(15-11-7-8-12-20(15)17)18(21)14-9-5-4-6-10-14/h4-12H,3H2,1-2H3. The molecule has 0 amide bonds. The van der Waals surface area contributed by atoms with E-state index in [1.54, 1.807) is 36.6 Å². The van der Waals surface area contributed by atoms with Crippen molar-refractivity contribution >= 4 is 17.3 Å². The van der Waals surface area contributed by atoms with E-state index in [2.05, 4.69) is 0 Å². The Bertz CT molecular complexity index is 878. The van der Waals surface area contributed by atoms with E-state index in [1.165, 1.54) is 0 Å². The molecule has 0 aliphatic carbocycles. The van der Waals surface area contributed by atoms with Crippen LogP contribution in [0.3, 0.4) is 0 Å². The van der Waals surface area contributed by atoms with Crippen LogP contribution in [-0.4, -0.2) is 22.8 Å². The van der Waals surface area contributed by atoms with Crippen LogP contribution in [0.1, 0.15) is 38.9 Å². The average molecular weight is 307 g/mol. The zero-order chi connectivity index (χ0) is 16.4. The summed E-state index contributed by atoms with van der Waals surface area (Å²) >= 11 is 0. The van der Waals surface area contributed by atoms with E-state index in [4.69, 9.17) is 4.74 Å². The molecule has 4 heteroatoms. The topological polar surface area (TPSA) is 47.8 Å². The van der Waals surface area contributed by atoms with Crippen LogP contribution in [0.25, 0.3) is 5.52 Å². The van der Waals surface area contributed by atoms with Crippen molar-refractivity contribution in [3.05, 3.63) is 77.1 Å². The first-order valence-electron chi connectivity index (χ1n) is 7.51. The zero-order valence-corrected chi connectivity index (χ0v) is 13.1. The number of ketones is 1. The van der Waals surface area contributed by atoms with Crippen LogP contribution in [-0.2, 0) is 4.74 Å². The van der Waals surface area contributed by atoms with Crippen LogP contribution < -0.4 is 0 Å². The summed E-state index contributed by atoms with van der Waals surface area (Å²) in [5.74, 6) is -0.513. The number of ether oxygens (including phenoxy) is 1. The summed E-state index contributed by atoms with van der Waals surface area (Å²) in [6.07, 6.45) is 1.77. The Labute approximate surface area is 134 Å². The monoisotopic (exact) mass is 307 g/mol. The molecule has 0 aliphatic rings. The molecule has 0 aliphatic heterocycles. The van der Waals surface area contributed by atoms with Crippen LogP contribution >= 0.6 is 0 Å². The maximum Gasteiger partial charge on any atom is 0.355 e. The fourth-order valence-electron chi connectivity index (χ4n) is 2.80. The first kappa shape index (κ1) is 15.0. The number of pyridine rings is 1. The molecular weight excluding hydrogens is 290 g/mol. The van der Waals surface area contributed by atoms with Crippen LogP contribution in [0.2, 0.25) is 0 Å². The number of carbonyl (C=O) groups excluding carboxylic acids is 2. The number of rotatable bonds is 4. The Morgan fingerprint density at radius 3 is 2.43 bits per heavy atom. The van der Waals surface area contributed by atoms with E-state index in [0.717, 1.165) is 0 Å². The number of esters is 1. The van der Waals surface area contributed by atoms with Crippen molar-refractivity contribution in [2.75, 3.05) is 6.61 Å². The Morgan fingerprint density at radius 1 is 1.04 bits per heavy atom.